The average Bonchev–Trinajstić information content (AvgIpc) is 3.89. The Hall–Kier alpha value is -7.86. The van der Waals surface area contributed by atoms with E-state index in [0.717, 1.165) is 71.8 Å². The van der Waals surface area contributed by atoms with Crippen molar-refractivity contribution in [2.24, 2.45) is 0 Å². The molecule has 0 amide bonds. The Kier molecular flexibility index (Phi) is 6.61. The maximum absolute atomic E-state index is 11.0. The molecule has 3 aromatic heterocycles. The normalized spacial score (nSPS) is 11.6. The lowest BCUT2D eigenvalue weighted by molar-refractivity contribution is 1.16. The molecule has 5 heteroatoms. The average molecular weight is 700 g/mol. The SMILES string of the molecule is N#Cc1c(-c2ccccc2-n2c3ccccc3c3cc(-n4c5ccccc5c5ccccc54)ccc32)cccc1-n1c2ccccc2c2c(C#N)cccc21. The van der Waals surface area contributed by atoms with Crippen LogP contribution in [0.4, 0.5) is 0 Å². The van der Waals surface area contributed by atoms with E-state index in [1.165, 1.54) is 21.8 Å². The first kappa shape index (κ1) is 30.7. The molecule has 5 nitrogen and oxygen atoms in total. The van der Waals surface area contributed by atoms with Gasteiger partial charge in [-0.1, -0.05) is 109 Å². The summed E-state index contributed by atoms with van der Waals surface area (Å²) in [5, 5.41) is 27.7. The topological polar surface area (TPSA) is 62.4 Å². The molecule has 0 radical (unpaired) electrons. The van der Waals surface area contributed by atoms with Crippen LogP contribution in [0.3, 0.4) is 0 Å². The highest BCUT2D eigenvalue weighted by atomic mass is 15.0. The Balaban J connectivity index is 1.16. The van der Waals surface area contributed by atoms with Crippen molar-refractivity contribution in [1.29, 1.82) is 10.5 Å². The van der Waals surface area contributed by atoms with Gasteiger partial charge in [-0.2, -0.15) is 10.5 Å². The Morgan fingerprint density at radius 2 is 0.836 bits per heavy atom. The third-order valence-electron chi connectivity index (χ3n) is 11.1. The summed E-state index contributed by atoms with van der Waals surface area (Å²) >= 11 is 0. The van der Waals surface area contributed by atoms with Gasteiger partial charge in [0.15, 0.2) is 0 Å². The van der Waals surface area contributed by atoms with Gasteiger partial charge in [0.25, 0.3) is 0 Å². The molecule has 0 N–H and O–H groups in total. The van der Waals surface area contributed by atoms with Crippen LogP contribution < -0.4 is 0 Å². The van der Waals surface area contributed by atoms with Crippen LogP contribution in [0.1, 0.15) is 11.1 Å². The number of para-hydroxylation sites is 5. The van der Waals surface area contributed by atoms with Gasteiger partial charge in [-0.25, -0.2) is 0 Å². The molecular weight excluding hydrogens is 671 g/mol. The molecule has 8 aromatic carbocycles. The molecule has 0 fully saturated rings. The smallest absolute Gasteiger partial charge is 0.102 e. The lowest BCUT2D eigenvalue weighted by Gasteiger charge is -2.17. The maximum atomic E-state index is 11.0. The lowest BCUT2D eigenvalue weighted by Crippen LogP contribution is -2.02. The maximum Gasteiger partial charge on any atom is 0.102 e. The van der Waals surface area contributed by atoms with Crippen LogP contribution >= 0.6 is 0 Å². The fourth-order valence-electron chi connectivity index (χ4n) is 8.90. The van der Waals surface area contributed by atoms with E-state index >= 15 is 0 Å². The Labute approximate surface area is 316 Å². The minimum atomic E-state index is 0.564. The van der Waals surface area contributed by atoms with Crippen molar-refractivity contribution < 1.29 is 0 Å². The minimum Gasteiger partial charge on any atom is -0.309 e. The molecule has 0 atom stereocenters. The Morgan fingerprint density at radius 1 is 0.345 bits per heavy atom. The molecule has 3 heterocycles. The quantitative estimate of drug-likeness (QED) is 0.184. The second-order valence-electron chi connectivity index (χ2n) is 13.9. The molecule has 0 saturated heterocycles. The summed E-state index contributed by atoms with van der Waals surface area (Å²) < 4.78 is 6.83. The number of nitriles is 2. The van der Waals surface area contributed by atoms with Crippen LogP contribution in [0.15, 0.2) is 176 Å². The summed E-state index contributed by atoms with van der Waals surface area (Å²) in [6.07, 6.45) is 0. The zero-order valence-corrected chi connectivity index (χ0v) is 29.5. The number of aromatic nitrogens is 3. The van der Waals surface area contributed by atoms with E-state index in [9.17, 15) is 10.5 Å². The molecule has 254 valence electrons. The number of hydrogen-bond donors (Lipinski definition) is 0. The fraction of sp³-hybridized carbons (Fsp3) is 0. The van der Waals surface area contributed by atoms with Crippen molar-refractivity contribution in [3.05, 3.63) is 187 Å². The van der Waals surface area contributed by atoms with Gasteiger partial charge in [-0.3, -0.25) is 0 Å². The van der Waals surface area contributed by atoms with Crippen LogP contribution in [0, 0.1) is 22.7 Å². The van der Waals surface area contributed by atoms with Gasteiger partial charge in [0, 0.05) is 49.1 Å². The predicted octanol–water partition coefficient (Wildman–Crippen LogP) is 12.4. The standard InChI is InChI=1S/C50H29N5/c51-30-32-13-11-26-49-50(32)39-18-5-10-24-46(39)55(49)47-25-12-19-34(41(47)31-52)35-14-1-8-22-44(35)54-45-23-9-4-17-38(45)40-29-33(27-28-48(40)54)53-42-20-6-2-15-36(42)37-16-3-7-21-43(37)53/h1-29H. The van der Waals surface area contributed by atoms with Gasteiger partial charge >= 0.3 is 0 Å². The highest BCUT2D eigenvalue weighted by Crippen LogP contribution is 2.41. The first-order chi connectivity index (χ1) is 27.2. The van der Waals surface area contributed by atoms with Gasteiger partial charge in [-0.15, -0.1) is 0 Å². The molecule has 0 saturated carbocycles. The highest BCUT2D eigenvalue weighted by molar-refractivity contribution is 6.14. The van der Waals surface area contributed by atoms with Gasteiger partial charge in [0.05, 0.1) is 61.7 Å². The van der Waals surface area contributed by atoms with E-state index in [1.54, 1.807) is 0 Å². The summed E-state index contributed by atoms with van der Waals surface area (Å²) in [5.41, 5.74) is 12.2. The van der Waals surface area contributed by atoms with Crippen LogP contribution in [-0.2, 0) is 0 Å². The van der Waals surface area contributed by atoms with E-state index in [2.05, 4.69) is 147 Å². The first-order valence-corrected chi connectivity index (χ1v) is 18.3. The van der Waals surface area contributed by atoms with Gasteiger partial charge in [0.2, 0.25) is 0 Å². The van der Waals surface area contributed by atoms with Crippen LogP contribution in [0.25, 0.3) is 93.6 Å². The number of nitrogens with zero attached hydrogens (tertiary/aromatic N) is 5. The van der Waals surface area contributed by atoms with Crippen molar-refractivity contribution in [2.45, 2.75) is 0 Å². The summed E-state index contributed by atoms with van der Waals surface area (Å²) in [6, 6.07) is 65.9. The molecule has 0 aliphatic heterocycles. The van der Waals surface area contributed by atoms with Gasteiger partial charge in [-0.05, 0) is 66.7 Å². The van der Waals surface area contributed by atoms with E-state index in [4.69, 9.17) is 0 Å². The summed E-state index contributed by atoms with van der Waals surface area (Å²) in [5.74, 6) is 0. The second-order valence-corrected chi connectivity index (χ2v) is 13.9. The van der Waals surface area contributed by atoms with Crippen LogP contribution in [0.5, 0.6) is 0 Å². The fourth-order valence-corrected chi connectivity index (χ4v) is 8.90. The predicted molar refractivity (Wildman–Crippen MR) is 224 cm³/mol. The molecular formula is C50H29N5. The van der Waals surface area contributed by atoms with E-state index in [1.807, 2.05) is 54.6 Å². The molecule has 11 aromatic rings. The van der Waals surface area contributed by atoms with E-state index in [-0.39, 0.29) is 0 Å². The Morgan fingerprint density at radius 3 is 1.53 bits per heavy atom. The van der Waals surface area contributed by atoms with Gasteiger partial charge < -0.3 is 13.7 Å². The molecule has 11 rings (SSSR count). The zero-order valence-electron chi connectivity index (χ0n) is 29.5. The molecule has 0 bridgehead atoms. The number of rotatable bonds is 4. The van der Waals surface area contributed by atoms with Crippen molar-refractivity contribution in [3.8, 4) is 40.3 Å². The number of fused-ring (bicyclic) bond motifs is 9. The first-order valence-electron chi connectivity index (χ1n) is 18.3. The third kappa shape index (κ3) is 4.33. The molecule has 0 aliphatic rings. The summed E-state index contributed by atoms with van der Waals surface area (Å²) in [6.45, 7) is 0. The molecule has 0 aliphatic carbocycles. The monoisotopic (exact) mass is 699 g/mol. The summed E-state index contributed by atoms with van der Waals surface area (Å²) in [4.78, 5) is 0. The minimum absolute atomic E-state index is 0.564. The summed E-state index contributed by atoms with van der Waals surface area (Å²) in [7, 11) is 0. The zero-order chi connectivity index (χ0) is 36.6. The third-order valence-corrected chi connectivity index (χ3v) is 11.1. The number of hydrogen-bond acceptors (Lipinski definition) is 2. The number of benzene rings is 8. The molecule has 0 unspecified atom stereocenters. The second kappa shape index (κ2) is 11.8. The highest BCUT2D eigenvalue weighted by Gasteiger charge is 2.22. The lowest BCUT2D eigenvalue weighted by atomic mass is 9.96. The van der Waals surface area contributed by atoms with Gasteiger partial charge in [0.1, 0.15) is 6.07 Å². The van der Waals surface area contributed by atoms with E-state index in [0.29, 0.717) is 11.1 Å². The van der Waals surface area contributed by atoms with Crippen molar-refractivity contribution >= 4 is 65.4 Å². The molecule has 55 heavy (non-hydrogen) atoms. The van der Waals surface area contributed by atoms with Crippen LogP contribution in [0.2, 0.25) is 0 Å². The van der Waals surface area contributed by atoms with Crippen molar-refractivity contribution in [3.63, 3.8) is 0 Å². The van der Waals surface area contributed by atoms with E-state index < -0.39 is 0 Å². The van der Waals surface area contributed by atoms with Crippen molar-refractivity contribution in [2.75, 3.05) is 0 Å². The van der Waals surface area contributed by atoms with Crippen LogP contribution in [-0.4, -0.2) is 13.7 Å². The largest absolute Gasteiger partial charge is 0.309 e. The Bertz CT molecular complexity index is 3420. The molecule has 0 spiro atoms. The van der Waals surface area contributed by atoms with Crippen molar-refractivity contribution in [1.82, 2.24) is 13.7 Å².